The molecule has 3 saturated carbocycles. The molecule has 1 heterocycles. The van der Waals surface area contributed by atoms with Crippen molar-refractivity contribution in [2.75, 3.05) is 0 Å². The van der Waals surface area contributed by atoms with Gasteiger partial charge >= 0.3 is 6.09 Å². The molecule has 3 fully saturated rings. The van der Waals surface area contributed by atoms with Crippen LogP contribution < -0.4 is 5.32 Å². The predicted octanol–water partition coefficient (Wildman–Crippen LogP) is 2.26. The highest BCUT2D eigenvalue weighted by Crippen LogP contribution is 2.50. The average Bonchev–Trinajstić information content (AvgIpc) is 2.78. The second-order valence-electron chi connectivity index (χ2n) is 5.86. The summed E-state index contributed by atoms with van der Waals surface area (Å²) >= 11 is 0. The fourth-order valence-electron chi connectivity index (χ4n) is 3.65. The van der Waals surface area contributed by atoms with Gasteiger partial charge in [-0.25, -0.2) is 9.78 Å². The Labute approximate surface area is 106 Å². The summed E-state index contributed by atoms with van der Waals surface area (Å²) < 4.78 is 2.26. The molecule has 1 aromatic rings. The van der Waals surface area contributed by atoms with Crippen molar-refractivity contribution >= 4 is 6.09 Å². The number of nitrogens with zero attached hydrogens (tertiary/aromatic N) is 2. The van der Waals surface area contributed by atoms with Gasteiger partial charge in [-0.2, -0.15) is 0 Å². The molecule has 4 rings (SSSR count). The molecule has 0 radical (unpaired) electrons. The van der Waals surface area contributed by atoms with E-state index in [0.717, 1.165) is 44.2 Å². The van der Waals surface area contributed by atoms with E-state index < -0.39 is 6.09 Å². The third-order valence-corrected chi connectivity index (χ3v) is 4.84. The quantitative estimate of drug-likeness (QED) is 0.844. The van der Waals surface area contributed by atoms with Crippen LogP contribution >= 0.6 is 0 Å². The summed E-state index contributed by atoms with van der Waals surface area (Å²) in [5.41, 5.74) is 1.07. The van der Waals surface area contributed by atoms with Crippen molar-refractivity contribution < 1.29 is 9.90 Å². The Morgan fingerprint density at radius 1 is 1.33 bits per heavy atom. The molecule has 98 valence electrons. The highest BCUT2D eigenvalue weighted by atomic mass is 16.4. The van der Waals surface area contributed by atoms with E-state index in [1.165, 1.54) is 0 Å². The summed E-state index contributed by atoms with van der Waals surface area (Å²) in [5.74, 6) is 0. The Morgan fingerprint density at radius 2 is 1.94 bits per heavy atom. The smallest absolute Gasteiger partial charge is 0.405 e. The van der Waals surface area contributed by atoms with E-state index in [0.29, 0.717) is 0 Å². The van der Waals surface area contributed by atoms with Crippen molar-refractivity contribution in [3.8, 4) is 0 Å². The molecule has 0 aromatic carbocycles. The number of fused-ring (bicyclic) bond motifs is 3. The minimum atomic E-state index is -0.886. The van der Waals surface area contributed by atoms with E-state index in [-0.39, 0.29) is 11.1 Å². The van der Waals surface area contributed by atoms with Gasteiger partial charge in [-0.1, -0.05) is 0 Å². The molecule has 2 bridgehead atoms. The molecule has 5 nitrogen and oxygen atoms in total. The van der Waals surface area contributed by atoms with Crippen LogP contribution in [-0.4, -0.2) is 26.3 Å². The number of hydrogen-bond donors (Lipinski definition) is 2. The van der Waals surface area contributed by atoms with Crippen molar-refractivity contribution in [3.63, 3.8) is 0 Å². The Bertz CT molecular complexity index is 456. The second-order valence-corrected chi connectivity index (χ2v) is 5.86. The third kappa shape index (κ3) is 1.69. The minimum absolute atomic E-state index is 0.163. The molecule has 1 amide bonds. The van der Waals surface area contributed by atoms with Crippen LogP contribution in [0, 0.1) is 6.92 Å². The maximum atomic E-state index is 10.9. The average molecular weight is 249 g/mol. The zero-order chi connectivity index (χ0) is 12.8. The lowest BCUT2D eigenvalue weighted by Gasteiger charge is -2.53. The van der Waals surface area contributed by atoms with Gasteiger partial charge in [-0.05, 0) is 45.4 Å². The first-order chi connectivity index (χ1) is 8.54. The van der Waals surface area contributed by atoms with E-state index >= 15 is 0 Å². The monoisotopic (exact) mass is 249 g/mol. The number of carboxylic acid groups (broad SMARTS) is 1. The summed E-state index contributed by atoms with van der Waals surface area (Å²) in [6.07, 6.45) is 9.11. The number of aromatic nitrogens is 2. The van der Waals surface area contributed by atoms with Crippen LogP contribution in [-0.2, 0) is 5.54 Å². The maximum Gasteiger partial charge on any atom is 0.405 e. The van der Waals surface area contributed by atoms with Gasteiger partial charge in [0.15, 0.2) is 0 Å². The van der Waals surface area contributed by atoms with Crippen LogP contribution in [0.15, 0.2) is 12.5 Å². The molecule has 3 aliphatic carbocycles. The van der Waals surface area contributed by atoms with Crippen LogP contribution in [0.3, 0.4) is 0 Å². The zero-order valence-electron chi connectivity index (χ0n) is 10.6. The fraction of sp³-hybridized carbons (Fsp3) is 0.692. The lowest BCUT2D eigenvalue weighted by Crippen LogP contribution is -2.58. The Kier molecular flexibility index (Phi) is 2.40. The normalized spacial score (nSPS) is 34.5. The summed E-state index contributed by atoms with van der Waals surface area (Å²) in [6, 6.07) is 0. The Balaban J connectivity index is 1.80. The van der Waals surface area contributed by atoms with Crippen molar-refractivity contribution in [2.45, 2.75) is 56.5 Å². The number of imidazole rings is 1. The first kappa shape index (κ1) is 11.6. The first-order valence-corrected chi connectivity index (χ1v) is 6.56. The van der Waals surface area contributed by atoms with E-state index in [1.54, 1.807) is 0 Å². The summed E-state index contributed by atoms with van der Waals surface area (Å²) in [4.78, 5) is 15.2. The van der Waals surface area contributed by atoms with Gasteiger partial charge in [0.25, 0.3) is 0 Å². The van der Waals surface area contributed by atoms with Crippen molar-refractivity contribution in [2.24, 2.45) is 0 Å². The molecule has 0 aliphatic heterocycles. The van der Waals surface area contributed by atoms with Crippen molar-refractivity contribution in [3.05, 3.63) is 18.2 Å². The molecule has 0 spiro atoms. The van der Waals surface area contributed by atoms with Gasteiger partial charge in [-0.15, -0.1) is 0 Å². The number of carbonyl (C=O) groups is 1. The van der Waals surface area contributed by atoms with E-state index in [1.807, 2.05) is 13.3 Å². The van der Waals surface area contributed by atoms with Gasteiger partial charge in [0, 0.05) is 17.3 Å². The molecule has 0 atom stereocenters. The van der Waals surface area contributed by atoms with E-state index in [2.05, 4.69) is 21.1 Å². The lowest BCUT2D eigenvalue weighted by atomic mass is 9.61. The van der Waals surface area contributed by atoms with Gasteiger partial charge in [0.1, 0.15) is 0 Å². The second kappa shape index (κ2) is 3.73. The highest BCUT2D eigenvalue weighted by Gasteiger charge is 2.50. The van der Waals surface area contributed by atoms with Crippen LogP contribution in [0.5, 0.6) is 0 Å². The molecule has 3 aliphatic rings. The predicted molar refractivity (Wildman–Crippen MR) is 66.5 cm³/mol. The summed E-state index contributed by atoms with van der Waals surface area (Å²) in [7, 11) is 0. The number of amides is 1. The van der Waals surface area contributed by atoms with Gasteiger partial charge in [0.05, 0.1) is 12.0 Å². The molecular formula is C13H19N3O2. The van der Waals surface area contributed by atoms with Crippen molar-refractivity contribution in [1.29, 1.82) is 0 Å². The molecule has 5 heteroatoms. The minimum Gasteiger partial charge on any atom is -0.465 e. The standard InChI is InChI=1S/C13H19N3O2/c1-10-8-16(9-14-10)13-5-2-12(3-6-13,4-7-13)15-11(17)18/h8-9,15H,2-7H2,1H3,(H,17,18). The number of nitrogens with one attached hydrogen (secondary N) is 1. The summed E-state index contributed by atoms with van der Waals surface area (Å²) in [6.45, 7) is 2.01. The highest BCUT2D eigenvalue weighted by molar-refractivity contribution is 5.65. The lowest BCUT2D eigenvalue weighted by molar-refractivity contribution is 0.0329. The van der Waals surface area contributed by atoms with Crippen molar-refractivity contribution in [1.82, 2.24) is 14.9 Å². The maximum absolute atomic E-state index is 10.9. The zero-order valence-corrected chi connectivity index (χ0v) is 10.6. The van der Waals surface area contributed by atoms with Crippen LogP contribution in [0.2, 0.25) is 0 Å². The number of aryl methyl sites for hydroxylation is 1. The third-order valence-electron chi connectivity index (χ3n) is 4.84. The Morgan fingerprint density at radius 3 is 2.39 bits per heavy atom. The first-order valence-electron chi connectivity index (χ1n) is 6.56. The molecule has 18 heavy (non-hydrogen) atoms. The number of hydrogen-bond acceptors (Lipinski definition) is 2. The molecule has 0 unspecified atom stereocenters. The SMILES string of the molecule is Cc1cn(C23CCC(NC(=O)O)(CC2)CC3)cn1. The van der Waals surface area contributed by atoms with Crippen LogP contribution in [0.1, 0.15) is 44.2 Å². The topological polar surface area (TPSA) is 67.2 Å². The van der Waals surface area contributed by atoms with Crippen LogP contribution in [0.4, 0.5) is 4.79 Å². The van der Waals surface area contributed by atoms with Gasteiger partial charge in [0.2, 0.25) is 0 Å². The molecule has 2 N–H and O–H groups in total. The van der Waals surface area contributed by atoms with Gasteiger partial charge in [-0.3, -0.25) is 0 Å². The van der Waals surface area contributed by atoms with E-state index in [9.17, 15) is 4.79 Å². The molecule has 1 aromatic heterocycles. The summed E-state index contributed by atoms with van der Waals surface area (Å²) in [5, 5.41) is 11.7. The van der Waals surface area contributed by atoms with E-state index in [4.69, 9.17) is 5.11 Å². The molecule has 0 saturated heterocycles. The van der Waals surface area contributed by atoms with Crippen LogP contribution in [0.25, 0.3) is 0 Å². The molecular weight excluding hydrogens is 230 g/mol. The fourth-order valence-corrected chi connectivity index (χ4v) is 3.65. The largest absolute Gasteiger partial charge is 0.465 e. The van der Waals surface area contributed by atoms with Gasteiger partial charge < -0.3 is 15.0 Å². The number of rotatable bonds is 2. The Hall–Kier alpha value is -1.52.